The minimum absolute atomic E-state index is 0.296. The third-order valence-corrected chi connectivity index (χ3v) is 5.34. The first kappa shape index (κ1) is 15.5. The van der Waals surface area contributed by atoms with Crippen LogP contribution in [0.4, 0.5) is 0 Å². The van der Waals surface area contributed by atoms with E-state index in [2.05, 4.69) is 33.6 Å². The number of carbonyl (C=O) groups is 1. The standard InChI is InChI=1S/C17H28N4O/c1-14(2)16-19-8-12-21(16)9-3-15(22)20-10-5-17(6-11-20)4-7-18-13-17/h8,12,14,18H,3-7,9-11,13H2,1-2H3. The SMILES string of the molecule is CC(C)c1nccn1CCC(=O)N1CCC2(CCNC2)CC1. The number of nitrogens with zero attached hydrogens (tertiary/aromatic N) is 3. The smallest absolute Gasteiger partial charge is 0.224 e. The molecule has 0 unspecified atom stereocenters. The molecule has 0 saturated carbocycles. The molecule has 3 heterocycles. The Kier molecular flexibility index (Phi) is 4.52. The second kappa shape index (κ2) is 6.41. The summed E-state index contributed by atoms with van der Waals surface area (Å²) in [5.41, 5.74) is 0.478. The van der Waals surface area contributed by atoms with Crippen LogP contribution in [0.5, 0.6) is 0 Å². The van der Waals surface area contributed by atoms with E-state index in [9.17, 15) is 4.79 Å². The molecule has 1 spiro atoms. The van der Waals surface area contributed by atoms with Crippen molar-refractivity contribution in [2.45, 2.75) is 52.0 Å². The Bertz CT molecular complexity index is 506. The van der Waals surface area contributed by atoms with E-state index in [0.29, 0.717) is 23.7 Å². The first-order chi connectivity index (χ1) is 10.6. The maximum Gasteiger partial charge on any atom is 0.224 e. The minimum Gasteiger partial charge on any atom is -0.343 e. The zero-order valence-electron chi connectivity index (χ0n) is 13.8. The third-order valence-electron chi connectivity index (χ3n) is 5.34. The highest BCUT2D eigenvalue weighted by atomic mass is 16.2. The van der Waals surface area contributed by atoms with Gasteiger partial charge in [0.1, 0.15) is 5.82 Å². The van der Waals surface area contributed by atoms with E-state index >= 15 is 0 Å². The van der Waals surface area contributed by atoms with Crippen molar-refractivity contribution in [2.75, 3.05) is 26.2 Å². The van der Waals surface area contributed by atoms with Gasteiger partial charge in [-0.15, -0.1) is 0 Å². The summed E-state index contributed by atoms with van der Waals surface area (Å²) < 4.78 is 2.12. The zero-order valence-corrected chi connectivity index (χ0v) is 13.8. The van der Waals surface area contributed by atoms with Gasteiger partial charge in [0.05, 0.1) is 0 Å². The molecule has 0 atom stereocenters. The molecule has 1 N–H and O–H groups in total. The summed E-state index contributed by atoms with van der Waals surface area (Å²) >= 11 is 0. The van der Waals surface area contributed by atoms with Crippen LogP contribution in [0.2, 0.25) is 0 Å². The quantitative estimate of drug-likeness (QED) is 0.925. The van der Waals surface area contributed by atoms with E-state index in [1.54, 1.807) is 0 Å². The molecule has 0 bridgehead atoms. The Morgan fingerprint density at radius 1 is 1.36 bits per heavy atom. The molecule has 0 aromatic carbocycles. The Balaban J connectivity index is 1.49. The molecule has 1 aromatic heterocycles. The summed E-state index contributed by atoms with van der Waals surface area (Å²) in [6.07, 6.45) is 8.00. The van der Waals surface area contributed by atoms with Gasteiger partial charge in [0.25, 0.3) is 0 Å². The molecule has 5 heteroatoms. The summed E-state index contributed by atoms with van der Waals surface area (Å²) in [7, 11) is 0. The fourth-order valence-corrected chi connectivity index (χ4v) is 3.84. The number of rotatable bonds is 4. The van der Waals surface area contributed by atoms with Crippen LogP contribution in [0.3, 0.4) is 0 Å². The number of aromatic nitrogens is 2. The van der Waals surface area contributed by atoms with Crippen molar-refractivity contribution in [3.05, 3.63) is 18.2 Å². The van der Waals surface area contributed by atoms with Crippen LogP contribution < -0.4 is 5.32 Å². The topological polar surface area (TPSA) is 50.2 Å². The summed E-state index contributed by atoms with van der Waals surface area (Å²) in [5, 5.41) is 3.47. The van der Waals surface area contributed by atoms with Gasteiger partial charge >= 0.3 is 0 Å². The molecule has 2 aliphatic rings. The lowest BCUT2D eigenvalue weighted by atomic mass is 9.78. The van der Waals surface area contributed by atoms with Crippen molar-refractivity contribution < 1.29 is 4.79 Å². The number of carbonyl (C=O) groups excluding carboxylic acids is 1. The van der Waals surface area contributed by atoms with Gasteiger partial charge in [-0.3, -0.25) is 4.79 Å². The molecular formula is C17H28N4O. The van der Waals surface area contributed by atoms with Crippen molar-refractivity contribution in [1.29, 1.82) is 0 Å². The summed E-state index contributed by atoms with van der Waals surface area (Å²) in [5.74, 6) is 1.77. The van der Waals surface area contributed by atoms with Gasteiger partial charge in [0.2, 0.25) is 5.91 Å². The highest BCUT2D eigenvalue weighted by molar-refractivity contribution is 5.76. The van der Waals surface area contributed by atoms with Crippen molar-refractivity contribution in [3.63, 3.8) is 0 Å². The van der Waals surface area contributed by atoms with Gasteiger partial charge in [-0.1, -0.05) is 13.8 Å². The number of hydrogen-bond donors (Lipinski definition) is 1. The monoisotopic (exact) mass is 304 g/mol. The molecular weight excluding hydrogens is 276 g/mol. The second-order valence-corrected chi connectivity index (χ2v) is 7.19. The number of nitrogens with one attached hydrogen (secondary N) is 1. The summed E-state index contributed by atoms with van der Waals surface area (Å²) in [6, 6.07) is 0. The molecule has 1 aromatic rings. The Hall–Kier alpha value is -1.36. The van der Waals surface area contributed by atoms with Crippen LogP contribution in [-0.2, 0) is 11.3 Å². The van der Waals surface area contributed by atoms with E-state index in [0.717, 1.165) is 51.4 Å². The molecule has 0 aliphatic carbocycles. The predicted molar refractivity (Wildman–Crippen MR) is 86.7 cm³/mol. The maximum atomic E-state index is 12.5. The number of piperidine rings is 1. The largest absolute Gasteiger partial charge is 0.343 e. The van der Waals surface area contributed by atoms with E-state index in [1.165, 1.54) is 6.42 Å². The van der Waals surface area contributed by atoms with Crippen molar-refractivity contribution in [1.82, 2.24) is 19.8 Å². The average molecular weight is 304 g/mol. The first-order valence-electron chi connectivity index (χ1n) is 8.59. The molecule has 2 saturated heterocycles. The van der Waals surface area contributed by atoms with Gasteiger partial charge in [-0.2, -0.15) is 0 Å². The first-order valence-corrected chi connectivity index (χ1v) is 8.59. The average Bonchev–Trinajstić information content (AvgIpc) is 3.15. The van der Waals surface area contributed by atoms with Crippen LogP contribution in [0.1, 0.15) is 51.3 Å². The van der Waals surface area contributed by atoms with Gasteiger partial charge in [0.15, 0.2) is 0 Å². The zero-order chi connectivity index (χ0) is 15.6. The lowest BCUT2D eigenvalue weighted by Crippen LogP contribution is -2.44. The van der Waals surface area contributed by atoms with Gasteiger partial charge in [-0.25, -0.2) is 4.98 Å². The highest BCUT2D eigenvalue weighted by Gasteiger charge is 2.37. The normalized spacial score (nSPS) is 21.0. The van der Waals surface area contributed by atoms with Gasteiger partial charge in [0, 0.05) is 50.9 Å². The van der Waals surface area contributed by atoms with Crippen molar-refractivity contribution in [2.24, 2.45) is 5.41 Å². The molecule has 2 aliphatic heterocycles. The van der Waals surface area contributed by atoms with E-state index in [-0.39, 0.29) is 0 Å². The molecule has 5 nitrogen and oxygen atoms in total. The number of hydrogen-bond acceptors (Lipinski definition) is 3. The number of imidazole rings is 1. The number of aryl methyl sites for hydroxylation is 1. The van der Waals surface area contributed by atoms with E-state index < -0.39 is 0 Å². The van der Waals surface area contributed by atoms with Crippen LogP contribution >= 0.6 is 0 Å². The van der Waals surface area contributed by atoms with Crippen LogP contribution in [0.15, 0.2) is 12.4 Å². The second-order valence-electron chi connectivity index (χ2n) is 7.19. The van der Waals surface area contributed by atoms with E-state index in [1.807, 2.05) is 12.4 Å². The van der Waals surface area contributed by atoms with Gasteiger partial charge < -0.3 is 14.8 Å². The van der Waals surface area contributed by atoms with Crippen molar-refractivity contribution >= 4 is 5.91 Å². The third kappa shape index (κ3) is 3.19. The van der Waals surface area contributed by atoms with Crippen LogP contribution in [-0.4, -0.2) is 46.5 Å². The van der Waals surface area contributed by atoms with Crippen molar-refractivity contribution in [3.8, 4) is 0 Å². The fourth-order valence-electron chi connectivity index (χ4n) is 3.84. The molecule has 122 valence electrons. The van der Waals surface area contributed by atoms with Gasteiger partial charge in [-0.05, 0) is 31.2 Å². The molecule has 1 amide bonds. The molecule has 22 heavy (non-hydrogen) atoms. The minimum atomic E-state index is 0.296. The van der Waals surface area contributed by atoms with E-state index in [4.69, 9.17) is 0 Å². The predicted octanol–water partition coefficient (Wildman–Crippen LogP) is 2.00. The lowest BCUT2D eigenvalue weighted by Gasteiger charge is -2.39. The number of likely N-dealkylation sites (tertiary alicyclic amines) is 1. The fraction of sp³-hybridized carbons (Fsp3) is 0.765. The Morgan fingerprint density at radius 2 is 2.14 bits per heavy atom. The lowest BCUT2D eigenvalue weighted by molar-refractivity contribution is -0.133. The number of amides is 1. The summed E-state index contributed by atoms with van der Waals surface area (Å²) in [6.45, 7) is 9.17. The molecule has 0 radical (unpaired) electrons. The Labute approximate surface area is 133 Å². The molecule has 3 rings (SSSR count). The molecule has 2 fully saturated rings. The highest BCUT2D eigenvalue weighted by Crippen LogP contribution is 2.36. The maximum absolute atomic E-state index is 12.5. The van der Waals surface area contributed by atoms with Crippen LogP contribution in [0.25, 0.3) is 0 Å². The Morgan fingerprint density at radius 3 is 2.77 bits per heavy atom. The van der Waals surface area contributed by atoms with Crippen LogP contribution in [0, 0.1) is 5.41 Å². The summed E-state index contributed by atoms with van der Waals surface area (Å²) in [4.78, 5) is 18.9.